The summed E-state index contributed by atoms with van der Waals surface area (Å²) in [6.45, 7) is 19.4. The lowest BCUT2D eigenvalue weighted by Gasteiger charge is -2.26. The average molecular weight is 1200 g/mol. The van der Waals surface area contributed by atoms with Crippen molar-refractivity contribution in [3.63, 3.8) is 0 Å². The van der Waals surface area contributed by atoms with Crippen LogP contribution in [0.25, 0.3) is 0 Å². The summed E-state index contributed by atoms with van der Waals surface area (Å²) in [6.07, 6.45) is 22.1. The van der Waals surface area contributed by atoms with Gasteiger partial charge in [-0.1, -0.05) is 203 Å². The number of ether oxygens (including phenoxy) is 3. The van der Waals surface area contributed by atoms with Gasteiger partial charge >= 0.3 is 5.97 Å². The van der Waals surface area contributed by atoms with Crippen LogP contribution < -0.4 is 30.7 Å². The molecule has 1 fully saturated rings. The number of fused-ring (bicyclic) bond motifs is 1. The minimum atomic E-state index is -0.411. The van der Waals surface area contributed by atoms with E-state index < -0.39 is 5.41 Å². The van der Waals surface area contributed by atoms with Gasteiger partial charge in [-0.2, -0.15) is 0 Å². The van der Waals surface area contributed by atoms with E-state index in [1.165, 1.54) is 130 Å². The zero-order valence-electron chi connectivity index (χ0n) is 56.4. The normalized spacial score (nSPS) is 15.0. The smallest absolute Gasteiger partial charge is 0.316 e. The first-order chi connectivity index (χ1) is 42.7. The quantitative estimate of drug-likeness (QED) is 0.0206. The van der Waals surface area contributed by atoms with Crippen molar-refractivity contribution in [3.05, 3.63) is 201 Å². The number of ketones is 1. The van der Waals surface area contributed by atoms with Gasteiger partial charge in [0, 0.05) is 24.1 Å². The molecule has 0 saturated heterocycles. The van der Waals surface area contributed by atoms with Crippen molar-refractivity contribution in [2.75, 3.05) is 68.1 Å². The number of aryl methyl sites for hydroxylation is 5. The fourth-order valence-electron chi connectivity index (χ4n) is 10.8. The summed E-state index contributed by atoms with van der Waals surface area (Å²) >= 11 is 0. The topological polar surface area (TPSA) is 127 Å². The summed E-state index contributed by atoms with van der Waals surface area (Å²) in [7, 11) is 9.17. The molecule has 4 N–H and O–H groups in total. The summed E-state index contributed by atoms with van der Waals surface area (Å²) in [5, 5.41) is 12.4. The largest absolute Gasteiger partial charge is 0.496 e. The number of carbonyl (C=O) groups is 3. The number of nitrogens with one attached hydrogen (secondary N) is 4. The molecule has 0 spiro atoms. The summed E-state index contributed by atoms with van der Waals surface area (Å²) in [6, 6.07) is 49.0. The zero-order valence-corrected chi connectivity index (χ0v) is 56.4. The molecule has 0 radical (unpaired) electrons. The number of methoxy groups -OCH3 is 2. The second-order valence-electron chi connectivity index (χ2n) is 23.6. The highest BCUT2D eigenvalue weighted by Gasteiger charge is 2.61. The van der Waals surface area contributed by atoms with E-state index in [0.29, 0.717) is 12.3 Å². The van der Waals surface area contributed by atoms with E-state index in [1.54, 1.807) is 7.11 Å². The minimum absolute atomic E-state index is 0.0384. The Morgan fingerprint density at radius 2 is 1.12 bits per heavy atom. The van der Waals surface area contributed by atoms with Crippen LogP contribution in [0.4, 0.5) is 0 Å². The Morgan fingerprint density at radius 3 is 1.70 bits per heavy atom. The Morgan fingerprint density at radius 1 is 0.557 bits per heavy atom. The number of rotatable bonds is 29. The van der Waals surface area contributed by atoms with Crippen molar-refractivity contribution < 1.29 is 28.6 Å². The maximum absolute atomic E-state index is 12.0. The molecule has 6 aromatic rings. The van der Waals surface area contributed by atoms with Gasteiger partial charge in [-0.3, -0.25) is 14.4 Å². The molecule has 0 aliphatic heterocycles. The molecule has 2 aliphatic carbocycles. The number of hydrogen-bond donors (Lipinski definition) is 4. The zero-order chi connectivity index (χ0) is 64.2. The third-order valence-corrected chi connectivity index (χ3v) is 16.2. The van der Waals surface area contributed by atoms with E-state index in [1.807, 2.05) is 115 Å². The highest BCUT2D eigenvalue weighted by molar-refractivity contribution is 5.96. The van der Waals surface area contributed by atoms with Crippen LogP contribution in [0.5, 0.6) is 11.5 Å². The summed E-state index contributed by atoms with van der Waals surface area (Å²) in [4.78, 5) is 35.3. The van der Waals surface area contributed by atoms with Gasteiger partial charge in [0.05, 0.1) is 26.2 Å². The summed E-state index contributed by atoms with van der Waals surface area (Å²) < 4.78 is 16.0. The molecule has 88 heavy (non-hydrogen) atoms. The van der Waals surface area contributed by atoms with Gasteiger partial charge in [0.1, 0.15) is 11.5 Å². The SMILES string of the molecule is CCCCCC(=O)c1ccc(C)cc1.CCCCCCNC(=O)c1ccc(C)cc1.CCCCCOc1ccc(C)cc1.CNCC1CC1(C(=O)OC)c1ccc(C)cc1.CNCCCC1CCCc2c(OC)cccc21.CNCCCc1ccccc1. The first kappa shape index (κ1) is 75.7. The van der Waals surface area contributed by atoms with Crippen LogP contribution >= 0.6 is 0 Å². The average Bonchev–Trinajstić information content (AvgIpc) is 1.61. The number of esters is 1. The molecule has 10 nitrogen and oxygen atoms in total. The van der Waals surface area contributed by atoms with Gasteiger partial charge in [-0.05, 0) is 204 Å². The van der Waals surface area contributed by atoms with Crippen molar-refractivity contribution >= 4 is 17.7 Å². The lowest BCUT2D eigenvalue weighted by molar-refractivity contribution is -0.144. The Balaban J connectivity index is 0.000000278. The molecule has 3 unspecified atom stereocenters. The molecule has 6 aromatic carbocycles. The van der Waals surface area contributed by atoms with Crippen molar-refractivity contribution in [2.24, 2.45) is 5.92 Å². The van der Waals surface area contributed by atoms with Crippen LogP contribution in [0.3, 0.4) is 0 Å². The third kappa shape index (κ3) is 29.2. The molecule has 1 amide bonds. The number of hydrogen-bond acceptors (Lipinski definition) is 9. The number of unbranched alkanes of at least 4 members (excludes halogenated alkanes) is 7. The minimum Gasteiger partial charge on any atom is -0.496 e. The van der Waals surface area contributed by atoms with Crippen molar-refractivity contribution in [2.45, 2.75) is 182 Å². The highest BCUT2D eigenvalue weighted by atomic mass is 16.5. The fraction of sp³-hybridized carbons (Fsp3) is 0.500. The van der Waals surface area contributed by atoms with Crippen LogP contribution in [-0.2, 0) is 27.8 Å². The van der Waals surface area contributed by atoms with E-state index >= 15 is 0 Å². The molecule has 0 aromatic heterocycles. The van der Waals surface area contributed by atoms with Crippen molar-refractivity contribution in [1.29, 1.82) is 0 Å². The van der Waals surface area contributed by atoms with E-state index in [9.17, 15) is 14.4 Å². The van der Waals surface area contributed by atoms with Crippen molar-refractivity contribution in [1.82, 2.24) is 21.3 Å². The molecule has 3 atom stereocenters. The Hall–Kier alpha value is -6.59. The number of carbonyl (C=O) groups excluding carboxylic acids is 3. The van der Waals surface area contributed by atoms with Gasteiger partial charge in [0.15, 0.2) is 5.78 Å². The molecule has 482 valence electrons. The van der Waals surface area contributed by atoms with Gasteiger partial charge in [-0.25, -0.2) is 0 Å². The van der Waals surface area contributed by atoms with Crippen LogP contribution in [0.2, 0.25) is 0 Å². The molecule has 2 aliphatic rings. The van der Waals surface area contributed by atoms with Crippen LogP contribution in [0.1, 0.15) is 201 Å². The molecule has 0 bridgehead atoms. The highest BCUT2D eigenvalue weighted by Crippen LogP contribution is 2.55. The lowest BCUT2D eigenvalue weighted by atomic mass is 9.80. The maximum atomic E-state index is 12.0. The second kappa shape index (κ2) is 45.6. The second-order valence-corrected chi connectivity index (χ2v) is 23.6. The van der Waals surface area contributed by atoms with E-state index in [0.717, 1.165) is 99.0 Å². The molecule has 8 rings (SSSR count). The maximum Gasteiger partial charge on any atom is 0.316 e. The molecular weight excluding hydrogens is 1090 g/mol. The van der Waals surface area contributed by atoms with Gasteiger partial charge in [0.25, 0.3) is 5.91 Å². The standard InChI is InChI=1S/C15H23NO.C14H19NO2.C14H21NO.C13H18O.C12H18O.C10H15N/c1-16-11-5-7-12-6-3-9-14-13(12)8-4-10-15(14)17-2;1-10-4-6-11(7-5-10)14(13(16)17-3)8-12(14)9-15-2;1-3-4-5-6-11-15-14(16)13-9-7-12(2)8-10-13;1-3-4-5-6-13(14)12-9-7-11(2)8-10-12;1-3-4-5-10-13-12-8-6-11(2)7-9-12;1-11-9-5-8-10-6-3-2-4-7-10/h4,8,10,12,16H,3,5-7,9,11H2,1-2H3;4-7,12,15H,8-9H2,1-3H3;7-10H,3-6,11H2,1-2H3,(H,15,16);7-10H,3-6H2,1-2H3;6-9H,3-5,10H2,1-2H3;2-4,6-7,11H,5,8-9H2,1H3. The molecular formula is C78H114N4O6. The third-order valence-electron chi connectivity index (χ3n) is 16.2. The Bertz CT molecular complexity index is 2770. The fourth-order valence-corrected chi connectivity index (χ4v) is 10.8. The number of Topliss-reactive ketones (excluding diaryl/α,β-unsaturated/α-hetero) is 1. The van der Waals surface area contributed by atoms with Gasteiger partial charge in [-0.15, -0.1) is 0 Å². The lowest BCUT2D eigenvalue weighted by Crippen LogP contribution is -2.27. The van der Waals surface area contributed by atoms with Crippen LogP contribution in [-0.4, -0.2) is 85.8 Å². The van der Waals surface area contributed by atoms with E-state index in [2.05, 4.69) is 122 Å². The molecule has 0 heterocycles. The first-order valence-electron chi connectivity index (χ1n) is 33.2. The van der Waals surface area contributed by atoms with E-state index in [-0.39, 0.29) is 17.7 Å². The predicted molar refractivity (Wildman–Crippen MR) is 371 cm³/mol. The number of amides is 1. The van der Waals surface area contributed by atoms with Crippen LogP contribution in [0.15, 0.2) is 146 Å². The van der Waals surface area contributed by atoms with Crippen molar-refractivity contribution in [3.8, 4) is 11.5 Å². The number of benzene rings is 6. The molecule has 1 saturated carbocycles. The predicted octanol–water partition coefficient (Wildman–Crippen LogP) is 17.2. The van der Waals surface area contributed by atoms with Gasteiger partial charge < -0.3 is 35.5 Å². The Kier molecular flexibility index (Phi) is 39.2. The molecule has 10 heteroatoms. The first-order valence-corrected chi connectivity index (χ1v) is 33.2. The Labute approximate surface area is 533 Å². The van der Waals surface area contributed by atoms with Gasteiger partial charge in [0.2, 0.25) is 0 Å². The monoisotopic (exact) mass is 1200 g/mol. The van der Waals surface area contributed by atoms with E-state index in [4.69, 9.17) is 14.2 Å². The summed E-state index contributed by atoms with van der Waals surface area (Å²) in [5.74, 6) is 3.36. The van der Waals surface area contributed by atoms with Crippen LogP contribution in [0, 0.1) is 33.6 Å². The summed E-state index contributed by atoms with van der Waals surface area (Å²) in [5.41, 5.74) is 11.6.